The summed E-state index contributed by atoms with van der Waals surface area (Å²) in [5, 5.41) is 15.3. The molecule has 4 rings (SSSR count). The van der Waals surface area contributed by atoms with E-state index in [1.54, 1.807) is 11.8 Å². The monoisotopic (exact) mass is 378 g/mol. The Morgan fingerprint density at radius 1 is 1.27 bits per heavy atom. The number of nitrogens with zero attached hydrogens (tertiary/aromatic N) is 3. The Labute approximate surface area is 159 Å². The van der Waals surface area contributed by atoms with Crippen LogP contribution in [0.3, 0.4) is 0 Å². The van der Waals surface area contributed by atoms with E-state index in [1.807, 2.05) is 4.90 Å². The molecule has 1 aromatic heterocycles. The minimum atomic E-state index is -1.26. The minimum Gasteiger partial charge on any atom is -0.379 e. The predicted octanol–water partition coefficient (Wildman–Crippen LogP) is 2.01. The van der Waals surface area contributed by atoms with Crippen LogP contribution in [0.4, 0.5) is 0 Å². The first kappa shape index (κ1) is 18.3. The summed E-state index contributed by atoms with van der Waals surface area (Å²) >= 11 is 1.78. The molecule has 6 nitrogen and oxygen atoms in total. The van der Waals surface area contributed by atoms with Crippen molar-refractivity contribution >= 4 is 17.7 Å². The number of aliphatic hydroxyl groups is 1. The molecule has 7 heteroatoms. The van der Waals surface area contributed by atoms with Crippen LogP contribution in [0.15, 0.2) is 11.4 Å². The number of rotatable bonds is 6. The number of likely N-dealkylation sites (tertiary alicyclic amines) is 1. The van der Waals surface area contributed by atoms with E-state index in [0.29, 0.717) is 25.4 Å². The van der Waals surface area contributed by atoms with E-state index < -0.39 is 5.60 Å². The van der Waals surface area contributed by atoms with Crippen LogP contribution in [0.5, 0.6) is 0 Å². The maximum Gasteiger partial charge on any atom is 0.255 e. The Kier molecular flexibility index (Phi) is 5.57. The molecule has 0 radical (unpaired) electrons. The number of piperidine rings is 1. The molecule has 26 heavy (non-hydrogen) atoms. The van der Waals surface area contributed by atoms with Crippen molar-refractivity contribution < 1.29 is 9.90 Å². The van der Waals surface area contributed by atoms with Gasteiger partial charge < -0.3 is 19.9 Å². The van der Waals surface area contributed by atoms with E-state index in [0.717, 1.165) is 42.7 Å². The number of hydrogen-bond donors (Lipinski definition) is 2. The largest absolute Gasteiger partial charge is 0.379 e. The zero-order chi connectivity index (χ0) is 18.0. The van der Waals surface area contributed by atoms with Gasteiger partial charge in [-0.3, -0.25) is 4.79 Å². The van der Waals surface area contributed by atoms with Crippen molar-refractivity contribution in [3.05, 3.63) is 11.9 Å². The number of fused-ring (bicyclic) bond motifs is 1. The average Bonchev–Trinajstić information content (AvgIpc) is 3.22. The van der Waals surface area contributed by atoms with Crippen molar-refractivity contribution in [3.63, 3.8) is 0 Å². The zero-order valence-electron chi connectivity index (χ0n) is 15.5. The zero-order valence-corrected chi connectivity index (χ0v) is 16.3. The van der Waals surface area contributed by atoms with Crippen LogP contribution in [0.1, 0.15) is 50.6 Å². The Hall–Kier alpha value is -1.05. The average molecular weight is 379 g/mol. The fraction of sp³-hybridized carbons (Fsp3) is 0.789. The van der Waals surface area contributed by atoms with Crippen LogP contribution in [-0.4, -0.2) is 56.5 Å². The van der Waals surface area contributed by atoms with Gasteiger partial charge in [0.2, 0.25) is 0 Å². The maximum atomic E-state index is 12.9. The lowest BCUT2D eigenvalue weighted by Crippen LogP contribution is -2.58. The Balaban J connectivity index is 1.30. The van der Waals surface area contributed by atoms with Crippen molar-refractivity contribution in [3.8, 4) is 0 Å². The van der Waals surface area contributed by atoms with Gasteiger partial charge in [-0.1, -0.05) is 31.0 Å². The number of carbonyl (C=O) groups is 1. The highest BCUT2D eigenvalue weighted by atomic mass is 32.2. The van der Waals surface area contributed by atoms with Gasteiger partial charge in [-0.15, -0.1) is 0 Å². The molecule has 0 aromatic carbocycles. The number of hydrogen-bond acceptors (Lipinski definition) is 5. The van der Waals surface area contributed by atoms with Gasteiger partial charge in [0.15, 0.2) is 10.8 Å². The molecule has 144 valence electrons. The molecule has 1 saturated heterocycles. The first-order valence-corrected chi connectivity index (χ1v) is 11.0. The molecule has 0 bridgehead atoms. The second kappa shape index (κ2) is 7.90. The molecule has 2 fully saturated rings. The van der Waals surface area contributed by atoms with Crippen molar-refractivity contribution in [2.24, 2.45) is 5.92 Å². The van der Waals surface area contributed by atoms with E-state index in [-0.39, 0.29) is 5.91 Å². The summed E-state index contributed by atoms with van der Waals surface area (Å²) in [6, 6.07) is 0. The number of aryl methyl sites for hydroxylation is 1. The lowest BCUT2D eigenvalue weighted by molar-refractivity contribution is -0.157. The summed E-state index contributed by atoms with van der Waals surface area (Å²) in [5.41, 5.74) is -0.275. The van der Waals surface area contributed by atoms with Crippen LogP contribution >= 0.6 is 11.8 Å². The van der Waals surface area contributed by atoms with E-state index in [9.17, 15) is 9.90 Å². The number of imidazole rings is 1. The van der Waals surface area contributed by atoms with E-state index in [1.165, 1.54) is 32.1 Å². The molecule has 1 saturated carbocycles. The second-order valence-electron chi connectivity index (χ2n) is 8.05. The van der Waals surface area contributed by atoms with Crippen molar-refractivity contribution in [2.45, 2.75) is 68.8 Å². The van der Waals surface area contributed by atoms with Crippen LogP contribution in [0.2, 0.25) is 0 Å². The second-order valence-corrected chi connectivity index (χ2v) is 9.11. The smallest absolute Gasteiger partial charge is 0.255 e. The third-order valence-electron chi connectivity index (χ3n) is 5.98. The van der Waals surface area contributed by atoms with Crippen LogP contribution in [-0.2, 0) is 17.9 Å². The summed E-state index contributed by atoms with van der Waals surface area (Å²) in [5.74, 6) is 1.64. The summed E-state index contributed by atoms with van der Waals surface area (Å²) in [6.45, 7) is 3.54. The SMILES string of the molecule is O=C1N(CC2CCCCC2)CCCC1(O)CNCc1cn2c(n1)SCC2. The molecule has 3 heterocycles. The highest BCUT2D eigenvalue weighted by Crippen LogP contribution is 2.28. The molecule has 1 amide bonds. The van der Waals surface area contributed by atoms with Gasteiger partial charge in [-0.2, -0.15) is 0 Å². The van der Waals surface area contributed by atoms with Gasteiger partial charge in [0.25, 0.3) is 5.91 Å². The highest BCUT2D eigenvalue weighted by Gasteiger charge is 2.42. The molecule has 1 unspecified atom stereocenters. The molecule has 0 spiro atoms. The lowest BCUT2D eigenvalue weighted by atomic mass is 9.86. The topological polar surface area (TPSA) is 70.4 Å². The fourth-order valence-electron chi connectivity index (χ4n) is 4.53. The number of aromatic nitrogens is 2. The first-order chi connectivity index (χ1) is 12.6. The molecule has 2 N–H and O–H groups in total. The number of carbonyl (C=O) groups excluding carboxylic acids is 1. The minimum absolute atomic E-state index is 0.0790. The van der Waals surface area contributed by atoms with E-state index in [2.05, 4.69) is 21.1 Å². The van der Waals surface area contributed by atoms with Crippen molar-refractivity contribution in [1.29, 1.82) is 0 Å². The van der Waals surface area contributed by atoms with E-state index >= 15 is 0 Å². The maximum absolute atomic E-state index is 12.9. The highest BCUT2D eigenvalue weighted by molar-refractivity contribution is 7.99. The van der Waals surface area contributed by atoms with Crippen LogP contribution in [0.25, 0.3) is 0 Å². The Morgan fingerprint density at radius 2 is 2.12 bits per heavy atom. The van der Waals surface area contributed by atoms with Crippen LogP contribution < -0.4 is 5.32 Å². The third-order valence-corrected chi connectivity index (χ3v) is 6.95. The standard InChI is InChI=1S/C19H30N4O2S/c24-17-19(25,7-4-8-22(17)12-15-5-2-1-3-6-15)14-20-11-16-13-23-9-10-26-18(23)21-16/h13,15,20,25H,1-12,14H2. The molecule has 1 aliphatic carbocycles. The lowest BCUT2D eigenvalue weighted by Gasteiger charge is -2.40. The molecule has 2 aliphatic heterocycles. The van der Waals surface area contributed by atoms with Gasteiger partial charge in [0.1, 0.15) is 0 Å². The normalized spacial score (nSPS) is 27.1. The molecule has 1 aromatic rings. The third kappa shape index (κ3) is 3.94. The van der Waals surface area contributed by atoms with Crippen LogP contribution in [0, 0.1) is 5.92 Å². The summed E-state index contributed by atoms with van der Waals surface area (Å²) in [6.07, 6.45) is 9.85. The predicted molar refractivity (Wildman–Crippen MR) is 102 cm³/mol. The Bertz CT molecular complexity index is 622. The molecule has 1 atom stereocenters. The summed E-state index contributed by atoms with van der Waals surface area (Å²) < 4.78 is 2.17. The van der Waals surface area contributed by atoms with Crippen molar-refractivity contribution in [1.82, 2.24) is 19.8 Å². The molecular formula is C19H30N4O2S. The van der Waals surface area contributed by atoms with Gasteiger partial charge in [-0.05, 0) is 31.6 Å². The quantitative estimate of drug-likeness (QED) is 0.792. The number of thioether (sulfide) groups is 1. The first-order valence-electron chi connectivity index (χ1n) is 10.1. The van der Waals surface area contributed by atoms with Gasteiger partial charge in [-0.25, -0.2) is 4.98 Å². The van der Waals surface area contributed by atoms with Gasteiger partial charge in [0.05, 0.1) is 5.69 Å². The fourth-order valence-corrected chi connectivity index (χ4v) is 5.49. The molecular weight excluding hydrogens is 348 g/mol. The summed E-state index contributed by atoms with van der Waals surface area (Å²) in [4.78, 5) is 19.4. The molecule has 3 aliphatic rings. The van der Waals surface area contributed by atoms with Crippen molar-refractivity contribution in [2.75, 3.05) is 25.4 Å². The Morgan fingerprint density at radius 3 is 2.92 bits per heavy atom. The van der Waals surface area contributed by atoms with Gasteiger partial charge >= 0.3 is 0 Å². The summed E-state index contributed by atoms with van der Waals surface area (Å²) in [7, 11) is 0. The number of amides is 1. The number of nitrogens with one attached hydrogen (secondary N) is 1. The van der Waals surface area contributed by atoms with Gasteiger partial charge in [0, 0.05) is 44.7 Å². The van der Waals surface area contributed by atoms with E-state index in [4.69, 9.17) is 0 Å².